The molecule has 1 unspecified atom stereocenters. The minimum atomic E-state index is 0.0537. The Hall–Kier alpha value is -1.31. The standard InChI is InChI=1S/C15H20O2/c1-10-8-9-13(15(17-3)11(10)2)12-6-4-5-7-14(12)16/h8-9,12H,4-7H2,1-3H3. The summed E-state index contributed by atoms with van der Waals surface area (Å²) < 4.78 is 5.51. The van der Waals surface area contributed by atoms with Crippen molar-refractivity contribution < 1.29 is 9.53 Å². The highest BCUT2D eigenvalue weighted by Gasteiger charge is 2.27. The number of Topliss-reactive ketones (excluding diaryl/α,β-unsaturated/α-hetero) is 1. The first-order valence-corrected chi connectivity index (χ1v) is 6.32. The van der Waals surface area contributed by atoms with E-state index in [0.29, 0.717) is 5.78 Å². The molecule has 1 aromatic rings. The van der Waals surface area contributed by atoms with E-state index < -0.39 is 0 Å². The van der Waals surface area contributed by atoms with Gasteiger partial charge in [0.2, 0.25) is 0 Å². The van der Waals surface area contributed by atoms with Gasteiger partial charge in [-0.25, -0.2) is 0 Å². The molecule has 0 aromatic heterocycles. The number of carbonyl (C=O) groups excluding carboxylic acids is 1. The van der Waals surface area contributed by atoms with Crippen LogP contribution in [-0.2, 0) is 4.79 Å². The van der Waals surface area contributed by atoms with Crippen LogP contribution in [0.3, 0.4) is 0 Å². The van der Waals surface area contributed by atoms with Crippen LogP contribution in [0.4, 0.5) is 0 Å². The fourth-order valence-electron chi connectivity index (χ4n) is 2.67. The topological polar surface area (TPSA) is 26.3 Å². The van der Waals surface area contributed by atoms with Crippen LogP contribution < -0.4 is 4.74 Å². The summed E-state index contributed by atoms with van der Waals surface area (Å²) in [5.41, 5.74) is 3.46. The van der Waals surface area contributed by atoms with Crippen molar-refractivity contribution in [3.8, 4) is 5.75 Å². The number of hydrogen-bond acceptors (Lipinski definition) is 2. The van der Waals surface area contributed by atoms with Gasteiger partial charge in [0.05, 0.1) is 7.11 Å². The average molecular weight is 232 g/mol. The van der Waals surface area contributed by atoms with Crippen LogP contribution in [0.15, 0.2) is 12.1 Å². The normalized spacial score (nSPS) is 20.4. The molecule has 1 aliphatic carbocycles. The lowest BCUT2D eigenvalue weighted by molar-refractivity contribution is -0.121. The van der Waals surface area contributed by atoms with E-state index in [4.69, 9.17) is 4.74 Å². The second-order valence-electron chi connectivity index (χ2n) is 4.89. The number of hydrogen-bond donors (Lipinski definition) is 0. The fourth-order valence-corrected chi connectivity index (χ4v) is 2.67. The Kier molecular flexibility index (Phi) is 3.51. The Bertz CT molecular complexity index is 435. The molecule has 0 amide bonds. The zero-order valence-corrected chi connectivity index (χ0v) is 10.9. The average Bonchev–Trinajstić information content (AvgIpc) is 2.33. The third-order valence-corrected chi connectivity index (χ3v) is 3.84. The minimum absolute atomic E-state index is 0.0537. The number of aryl methyl sites for hydroxylation is 1. The van der Waals surface area contributed by atoms with Gasteiger partial charge in [-0.05, 0) is 37.8 Å². The van der Waals surface area contributed by atoms with Crippen LogP contribution in [0.5, 0.6) is 5.75 Å². The highest BCUT2D eigenvalue weighted by atomic mass is 16.5. The van der Waals surface area contributed by atoms with Crippen LogP contribution in [0.25, 0.3) is 0 Å². The van der Waals surface area contributed by atoms with E-state index in [-0.39, 0.29) is 5.92 Å². The predicted molar refractivity (Wildman–Crippen MR) is 68.7 cm³/mol. The van der Waals surface area contributed by atoms with Gasteiger partial charge in [0, 0.05) is 17.9 Å². The lowest BCUT2D eigenvalue weighted by Gasteiger charge is -2.24. The van der Waals surface area contributed by atoms with Crippen LogP contribution in [-0.4, -0.2) is 12.9 Å². The smallest absolute Gasteiger partial charge is 0.140 e. The molecule has 1 aromatic carbocycles. The summed E-state index contributed by atoms with van der Waals surface area (Å²) in [6, 6.07) is 4.16. The first kappa shape index (κ1) is 12.2. The first-order valence-electron chi connectivity index (χ1n) is 6.32. The number of carbonyl (C=O) groups is 1. The Morgan fingerprint density at radius 3 is 2.65 bits per heavy atom. The lowest BCUT2D eigenvalue weighted by atomic mass is 9.81. The molecule has 0 spiro atoms. The molecule has 2 heteroatoms. The van der Waals surface area contributed by atoms with Crippen LogP contribution in [0, 0.1) is 13.8 Å². The SMILES string of the molecule is COc1c(C2CCCCC2=O)ccc(C)c1C. The van der Waals surface area contributed by atoms with Crippen LogP contribution >= 0.6 is 0 Å². The maximum atomic E-state index is 12.0. The van der Waals surface area contributed by atoms with E-state index in [1.165, 1.54) is 5.56 Å². The maximum Gasteiger partial charge on any atom is 0.140 e. The van der Waals surface area contributed by atoms with E-state index in [1.54, 1.807) is 7.11 Å². The summed E-state index contributed by atoms with van der Waals surface area (Å²) in [7, 11) is 1.69. The zero-order valence-electron chi connectivity index (χ0n) is 10.9. The van der Waals surface area contributed by atoms with E-state index in [2.05, 4.69) is 26.0 Å². The molecule has 0 aliphatic heterocycles. The third kappa shape index (κ3) is 2.21. The number of benzene rings is 1. The van der Waals surface area contributed by atoms with Gasteiger partial charge in [-0.2, -0.15) is 0 Å². The Balaban J connectivity index is 2.44. The monoisotopic (exact) mass is 232 g/mol. The van der Waals surface area contributed by atoms with E-state index in [0.717, 1.165) is 42.6 Å². The lowest BCUT2D eigenvalue weighted by Crippen LogP contribution is -2.18. The summed E-state index contributed by atoms with van der Waals surface area (Å²) in [6.45, 7) is 4.13. The summed E-state index contributed by atoms with van der Waals surface area (Å²) in [5, 5.41) is 0. The summed E-state index contributed by atoms with van der Waals surface area (Å²) in [4.78, 5) is 12.0. The van der Waals surface area contributed by atoms with Gasteiger partial charge in [0.25, 0.3) is 0 Å². The van der Waals surface area contributed by atoms with Gasteiger partial charge in [-0.15, -0.1) is 0 Å². The van der Waals surface area contributed by atoms with Crippen molar-refractivity contribution in [2.45, 2.75) is 45.4 Å². The van der Waals surface area contributed by atoms with Gasteiger partial charge in [-0.1, -0.05) is 18.6 Å². The molecule has 0 radical (unpaired) electrons. The molecule has 0 N–H and O–H groups in total. The van der Waals surface area contributed by atoms with Crippen molar-refractivity contribution >= 4 is 5.78 Å². The summed E-state index contributed by atoms with van der Waals surface area (Å²) in [5.74, 6) is 1.33. The first-order chi connectivity index (χ1) is 8.15. The zero-order chi connectivity index (χ0) is 12.4. The highest BCUT2D eigenvalue weighted by Crippen LogP contribution is 2.37. The number of methoxy groups -OCH3 is 1. The number of rotatable bonds is 2. The molecule has 1 fully saturated rings. The van der Waals surface area contributed by atoms with Gasteiger partial charge in [0.1, 0.15) is 11.5 Å². The van der Waals surface area contributed by atoms with E-state index in [1.807, 2.05) is 0 Å². The van der Waals surface area contributed by atoms with Crippen LogP contribution in [0.1, 0.15) is 48.3 Å². The Morgan fingerprint density at radius 1 is 1.24 bits per heavy atom. The minimum Gasteiger partial charge on any atom is -0.496 e. The molecule has 0 bridgehead atoms. The Labute approximate surface area is 103 Å². The summed E-state index contributed by atoms with van der Waals surface area (Å²) >= 11 is 0. The third-order valence-electron chi connectivity index (χ3n) is 3.84. The van der Waals surface area contributed by atoms with Crippen LogP contribution in [0.2, 0.25) is 0 Å². The van der Waals surface area contributed by atoms with Gasteiger partial charge in [-0.3, -0.25) is 4.79 Å². The highest BCUT2D eigenvalue weighted by molar-refractivity contribution is 5.87. The molecular weight excluding hydrogens is 212 g/mol. The number of ketones is 1. The van der Waals surface area contributed by atoms with Gasteiger partial charge < -0.3 is 4.74 Å². The van der Waals surface area contributed by atoms with Crippen molar-refractivity contribution in [3.05, 3.63) is 28.8 Å². The Morgan fingerprint density at radius 2 is 2.00 bits per heavy atom. The maximum absolute atomic E-state index is 12.0. The molecule has 1 saturated carbocycles. The molecule has 92 valence electrons. The van der Waals surface area contributed by atoms with Gasteiger partial charge >= 0.3 is 0 Å². The van der Waals surface area contributed by atoms with Crippen molar-refractivity contribution in [1.29, 1.82) is 0 Å². The second-order valence-corrected chi connectivity index (χ2v) is 4.89. The van der Waals surface area contributed by atoms with E-state index >= 15 is 0 Å². The van der Waals surface area contributed by atoms with Gasteiger partial charge in [0.15, 0.2) is 0 Å². The molecule has 2 nitrogen and oxygen atoms in total. The molecule has 17 heavy (non-hydrogen) atoms. The molecule has 0 heterocycles. The quantitative estimate of drug-likeness (QED) is 0.779. The fraction of sp³-hybridized carbons (Fsp3) is 0.533. The molecular formula is C15H20O2. The molecule has 2 rings (SSSR count). The van der Waals surface area contributed by atoms with Crippen molar-refractivity contribution in [2.24, 2.45) is 0 Å². The predicted octanol–water partition coefficient (Wildman–Crippen LogP) is 3.54. The number of ether oxygens (including phenoxy) is 1. The second kappa shape index (κ2) is 4.91. The largest absolute Gasteiger partial charge is 0.496 e. The van der Waals surface area contributed by atoms with Crippen molar-refractivity contribution in [3.63, 3.8) is 0 Å². The summed E-state index contributed by atoms with van der Waals surface area (Å²) in [6.07, 6.45) is 3.88. The van der Waals surface area contributed by atoms with E-state index in [9.17, 15) is 4.79 Å². The molecule has 0 saturated heterocycles. The van der Waals surface area contributed by atoms with Crippen molar-refractivity contribution in [2.75, 3.05) is 7.11 Å². The van der Waals surface area contributed by atoms with Crippen molar-refractivity contribution in [1.82, 2.24) is 0 Å². The molecule has 1 aliphatic rings. The molecule has 1 atom stereocenters.